The first-order valence-corrected chi connectivity index (χ1v) is 8.86. The summed E-state index contributed by atoms with van der Waals surface area (Å²) in [4.78, 5) is 0. The van der Waals surface area contributed by atoms with Gasteiger partial charge < -0.3 is 15.4 Å². The lowest BCUT2D eigenvalue weighted by Gasteiger charge is -2.31. The topological polar surface area (TPSA) is 51.1 Å². The largest absolute Gasteiger partial charge is 0.493 e. The Bertz CT molecular complexity index is 752. The first-order valence-electron chi connectivity index (χ1n) is 8.86. The number of nitrogens with zero attached hydrogens (tertiary/aromatic N) is 2. The van der Waals surface area contributed by atoms with Crippen molar-refractivity contribution < 1.29 is 4.74 Å². The molecule has 0 unspecified atom stereocenters. The summed E-state index contributed by atoms with van der Waals surface area (Å²) in [5.41, 5.74) is 4.94. The molecule has 3 heterocycles. The molecule has 0 radical (unpaired) electrons. The standard InChI is InChI=1S/C19H26N4O/c1-12-6-13(2)19-16(7-12)17(4-5-24-19)20-9-15-10-21-18-8-14(3)22-23(18)11-15/h6-8,15,17,20-21H,4-5,9-11H2,1-3H3/t15-,17+/m1/s1. The molecule has 4 rings (SSSR count). The minimum atomic E-state index is 0.383. The summed E-state index contributed by atoms with van der Waals surface area (Å²) in [5, 5.41) is 11.8. The highest BCUT2D eigenvalue weighted by atomic mass is 16.5. The molecule has 2 aliphatic rings. The van der Waals surface area contributed by atoms with Crippen molar-refractivity contribution in [3.8, 4) is 5.75 Å². The van der Waals surface area contributed by atoms with Crippen LogP contribution in [0.2, 0.25) is 0 Å². The predicted octanol–water partition coefficient (Wildman–Crippen LogP) is 2.96. The molecule has 2 atom stereocenters. The Hall–Kier alpha value is -2.01. The molecule has 0 aliphatic carbocycles. The van der Waals surface area contributed by atoms with E-state index >= 15 is 0 Å². The summed E-state index contributed by atoms with van der Waals surface area (Å²) in [7, 11) is 0. The van der Waals surface area contributed by atoms with Crippen LogP contribution in [0.5, 0.6) is 5.75 Å². The minimum absolute atomic E-state index is 0.383. The normalized spacial score (nSPS) is 22.3. The average molecular weight is 326 g/mol. The highest BCUT2D eigenvalue weighted by Crippen LogP contribution is 2.35. The number of ether oxygens (including phenoxy) is 1. The van der Waals surface area contributed by atoms with Crippen molar-refractivity contribution in [2.75, 3.05) is 25.0 Å². The van der Waals surface area contributed by atoms with Crippen LogP contribution in [0.1, 0.15) is 34.8 Å². The number of hydrogen-bond acceptors (Lipinski definition) is 4. The van der Waals surface area contributed by atoms with Crippen molar-refractivity contribution >= 4 is 5.82 Å². The monoisotopic (exact) mass is 326 g/mol. The van der Waals surface area contributed by atoms with Crippen LogP contribution in [0.15, 0.2) is 18.2 Å². The maximum absolute atomic E-state index is 5.91. The first kappa shape index (κ1) is 15.5. The Balaban J connectivity index is 1.44. The van der Waals surface area contributed by atoms with Gasteiger partial charge in [0, 0.05) is 49.6 Å². The Kier molecular flexibility index (Phi) is 3.96. The summed E-state index contributed by atoms with van der Waals surface area (Å²) in [6, 6.07) is 6.97. The maximum atomic E-state index is 5.91. The van der Waals surface area contributed by atoms with E-state index in [9.17, 15) is 0 Å². The van der Waals surface area contributed by atoms with E-state index in [1.165, 1.54) is 16.7 Å². The molecule has 0 bridgehead atoms. The predicted molar refractivity (Wildman–Crippen MR) is 95.7 cm³/mol. The lowest BCUT2D eigenvalue weighted by Crippen LogP contribution is -2.38. The Morgan fingerprint density at radius 1 is 1.29 bits per heavy atom. The first-order chi connectivity index (χ1) is 11.6. The zero-order valence-electron chi connectivity index (χ0n) is 14.7. The van der Waals surface area contributed by atoms with E-state index in [2.05, 4.69) is 52.5 Å². The van der Waals surface area contributed by atoms with Crippen LogP contribution in [-0.4, -0.2) is 29.5 Å². The van der Waals surface area contributed by atoms with Crippen LogP contribution in [0.4, 0.5) is 5.82 Å². The number of hydrogen-bond donors (Lipinski definition) is 2. The number of rotatable bonds is 3. The van der Waals surface area contributed by atoms with E-state index in [4.69, 9.17) is 4.74 Å². The van der Waals surface area contributed by atoms with Gasteiger partial charge in [0.2, 0.25) is 0 Å². The number of aryl methyl sites for hydroxylation is 3. The van der Waals surface area contributed by atoms with E-state index < -0.39 is 0 Å². The second kappa shape index (κ2) is 6.13. The maximum Gasteiger partial charge on any atom is 0.126 e. The van der Waals surface area contributed by atoms with E-state index in [0.717, 1.165) is 49.9 Å². The lowest BCUT2D eigenvalue weighted by atomic mass is 9.95. The van der Waals surface area contributed by atoms with Crippen molar-refractivity contribution in [2.45, 2.75) is 39.8 Å². The quantitative estimate of drug-likeness (QED) is 0.910. The summed E-state index contributed by atoms with van der Waals surface area (Å²) < 4.78 is 8.01. The fourth-order valence-electron chi connectivity index (χ4n) is 3.92. The Morgan fingerprint density at radius 3 is 3.04 bits per heavy atom. The van der Waals surface area contributed by atoms with Gasteiger partial charge in [-0.05, 0) is 26.3 Å². The zero-order valence-corrected chi connectivity index (χ0v) is 14.7. The third-order valence-corrected chi connectivity index (χ3v) is 5.03. The van der Waals surface area contributed by atoms with Gasteiger partial charge in [0.15, 0.2) is 0 Å². The van der Waals surface area contributed by atoms with E-state index in [0.29, 0.717) is 12.0 Å². The fraction of sp³-hybridized carbons (Fsp3) is 0.526. The van der Waals surface area contributed by atoms with Crippen LogP contribution >= 0.6 is 0 Å². The smallest absolute Gasteiger partial charge is 0.126 e. The summed E-state index contributed by atoms with van der Waals surface area (Å²) in [5.74, 6) is 2.77. The third kappa shape index (κ3) is 2.88. The van der Waals surface area contributed by atoms with Gasteiger partial charge in [-0.15, -0.1) is 0 Å². The van der Waals surface area contributed by atoms with Crippen LogP contribution in [0.3, 0.4) is 0 Å². The van der Waals surface area contributed by atoms with E-state index in [-0.39, 0.29) is 0 Å². The molecular weight excluding hydrogens is 300 g/mol. The highest BCUT2D eigenvalue weighted by molar-refractivity contribution is 5.46. The molecule has 24 heavy (non-hydrogen) atoms. The van der Waals surface area contributed by atoms with Gasteiger partial charge in [0.1, 0.15) is 11.6 Å². The van der Waals surface area contributed by atoms with Gasteiger partial charge in [-0.1, -0.05) is 17.7 Å². The van der Waals surface area contributed by atoms with E-state index in [1.54, 1.807) is 0 Å². The number of nitrogens with one attached hydrogen (secondary N) is 2. The summed E-state index contributed by atoms with van der Waals surface area (Å²) >= 11 is 0. The molecule has 0 amide bonds. The van der Waals surface area contributed by atoms with E-state index in [1.807, 2.05) is 6.92 Å². The van der Waals surface area contributed by atoms with Gasteiger partial charge >= 0.3 is 0 Å². The van der Waals surface area contributed by atoms with Crippen molar-refractivity contribution in [3.05, 3.63) is 40.6 Å². The summed E-state index contributed by atoms with van der Waals surface area (Å²) in [6.45, 7) is 10.1. The number of aromatic nitrogens is 2. The molecule has 2 aliphatic heterocycles. The summed E-state index contributed by atoms with van der Waals surface area (Å²) in [6.07, 6.45) is 1.03. The molecule has 0 spiro atoms. The van der Waals surface area contributed by atoms with Crippen molar-refractivity contribution in [2.24, 2.45) is 5.92 Å². The average Bonchev–Trinajstić information content (AvgIpc) is 2.92. The molecule has 2 N–H and O–H groups in total. The van der Waals surface area contributed by atoms with Gasteiger partial charge in [-0.25, -0.2) is 4.68 Å². The van der Waals surface area contributed by atoms with Gasteiger partial charge in [0.05, 0.1) is 12.3 Å². The lowest BCUT2D eigenvalue weighted by molar-refractivity contribution is 0.244. The van der Waals surface area contributed by atoms with Crippen LogP contribution < -0.4 is 15.4 Å². The molecule has 1 aromatic carbocycles. The van der Waals surface area contributed by atoms with Crippen molar-refractivity contribution in [1.29, 1.82) is 0 Å². The number of anilines is 1. The zero-order chi connectivity index (χ0) is 16.7. The molecule has 128 valence electrons. The second-order valence-corrected chi connectivity index (χ2v) is 7.20. The van der Waals surface area contributed by atoms with Gasteiger partial charge in [-0.2, -0.15) is 5.10 Å². The van der Waals surface area contributed by atoms with Gasteiger partial charge in [0.25, 0.3) is 0 Å². The number of fused-ring (bicyclic) bond motifs is 2. The molecule has 0 saturated carbocycles. The van der Waals surface area contributed by atoms with Crippen LogP contribution in [0.25, 0.3) is 0 Å². The molecule has 2 aromatic rings. The van der Waals surface area contributed by atoms with Crippen LogP contribution in [0, 0.1) is 26.7 Å². The molecule has 5 heteroatoms. The SMILES string of the molecule is Cc1cc(C)c2c(c1)[C@@H](NC[C@@H]1CNc3cc(C)nn3C1)CCO2. The number of benzene rings is 1. The molecule has 5 nitrogen and oxygen atoms in total. The second-order valence-electron chi connectivity index (χ2n) is 7.20. The minimum Gasteiger partial charge on any atom is -0.493 e. The highest BCUT2D eigenvalue weighted by Gasteiger charge is 2.25. The molecule has 0 saturated heterocycles. The molecule has 1 aromatic heterocycles. The third-order valence-electron chi connectivity index (χ3n) is 5.03. The fourth-order valence-corrected chi connectivity index (χ4v) is 3.92. The van der Waals surface area contributed by atoms with Gasteiger partial charge in [-0.3, -0.25) is 0 Å². The Labute approximate surface area is 143 Å². The van der Waals surface area contributed by atoms with Crippen LogP contribution in [-0.2, 0) is 6.54 Å². The Morgan fingerprint density at radius 2 is 2.17 bits per heavy atom. The molecular formula is C19H26N4O. The van der Waals surface area contributed by atoms with Crippen molar-refractivity contribution in [3.63, 3.8) is 0 Å². The van der Waals surface area contributed by atoms with Crippen molar-refractivity contribution in [1.82, 2.24) is 15.1 Å². The molecule has 0 fully saturated rings.